The molecule has 0 fully saturated rings. The maximum absolute atomic E-state index is 10.8. The van der Waals surface area contributed by atoms with Gasteiger partial charge in [-0.3, -0.25) is 4.79 Å². The zero-order chi connectivity index (χ0) is 14.3. The van der Waals surface area contributed by atoms with E-state index < -0.39 is 12.0 Å². The molecule has 0 saturated heterocycles. The molecule has 1 aromatic carbocycles. The number of para-hydroxylation sites is 1. The Kier molecular flexibility index (Phi) is 6.32. The zero-order valence-electron chi connectivity index (χ0n) is 11.5. The summed E-state index contributed by atoms with van der Waals surface area (Å²) in [6, 6.07) is 6.53. The molecule has 1 aromatic rings. The van der Waals surface area contributed by atoms with Gasteiger partial charge in [0.2, 0.25) is 0 Å². The number of nitrogens with zero attached hydrogens (tertiary/aromatic N) is 1. The van der Waals surface area contributed by atoms with Gasteiger partial charge in [-0.05, 0) is 32.1 Å². The normalized spacial score (nSPS) is 12.4. The molecule has 1 atom stereocenters. The highest BCUT2D eigenvalue weighted by atomic mass is 16.5. The molecule has 1 rings (SSSR count). The van der Waals surface area contributed by atoms with Crippen LogP contribution in [0.25, 0.3) is 0 Å². The minimum absolute atomic E-state index is 0.277. The fraction of sp³-hybridized carbons (Fsp3) is 0.500. The summed E-state index contributed by atoms with van der Waals surface area (Å²) in [5.41, 5.74) is 6.39. The smallest absolute Gasteiger partial charge is 0.320 e. The van der Waals surface area contributed by atoms with Gasteiger partial charge in [0.15, 0.2) is 0 Å². The molecule has 5 heteroatoms. The Balaban J connectivity index is 2.55. The molecule has 0 heterocycles. The first-order valence-electron chi connectivity index (χ1n) is 6.34. The second kappa shape index (κ2) is 7.76. The summed E-state index contributed by atoms with van der Waals surface area (Å²) in [5.74, 6) is -0.277. The van der Waals surface area contributed by atoms with Crippen molar-refractivity contribution in [3.63, 3.8) is 0 Å². The molecule has 19 heavy (non-hydrogen) atoms. The standard InChI is InChI=1S/C14H22N2O3/c1-16(2)8-5-9-19-13-7-4-3-6-11(13)10-12(15)14(17)18/h3-4,6-7,12H,5,8-10,15H2,1-2H3,(H,17,18). The van der Waals surface area contributed by atoms with Gasteiger partial charge in [0.1, 0.15) is 11.8 Å². The Hall–Kier alpha value is -1.59. The molecule has 5 nitrogen and oxygen atoms in total. The Bertz CT molecular complexity index is 407. The average Bonchev–Trinajstić information content (AvgIpc) is 2.36. The predicted octanol–water partition coefficient (Wildman–Crippen LogP) is 0.971. The summed E-state index contributed by atoms with van der Waals surface area (Å²) in [7, 11) is 4.03. The van der Waals surface area contributed by atoms with Gasteiger partial charge in [0.05, 0.1) is 6.61 Å². The third kappa shape index (κ3) is 5.72. The molecule has 0 aliphatic carbocycles. The molecule has 0 bridgehead atoms. The molecule has 0 saturated carbocycles. The Morgan fingerprint density at radius 2 is 2.11 bits per heavy atom. The molecule has 106 valence electrons. The fourth-order valence-corrected chi connectivity index (χ4v) is 1.70. The molecule has 0 aliphatic rings. The fourth-order valence-electron chi connectivity index (χ4n) is 1.70. The van der Waals surface area contributed by atoms with Crippen molar-refractivity contribution in [1.29, 1.82) is 0 Å². The maximum Gasteiger partial charge on any atom is 0.320 e. The van der Waals surface area contributed by atoms with Gasteiger partial charge in [-0.1, -0.05) is 18.2 Å². The van der Waals surface area contributed by atoms with Crippen LogP contribution in [0, 0.1) is 0 Å². The lowest BCUT2D eigenvalue weighted by atomic mass is 10.1. The molecule has 3 N–H and O–H groups in total. The van der Waals surface area contributed by atoms with E-state index in [1.54, 1.807) is 0 Å². The van der Waals surface area contributed by atoms with E-state index in [0.29, 0.717) is 6.61 Å². The number of ether oxygens (including phenoxy) is 1. The topological polar surface area (TPSA) is 75.8 Å². The van der Waals surface area contributed by atoms with Gasteiger partial charge in [0.25, 0.3) is 0 Å². The summed E-state index contributed by atoms with van der Waals surface area (Å²) < 4.78 is 5.69. The van der Waals surface area contributed by atoms with E-state index in [1.165, 1.54) is 0 Å². The van der Waals surface area contributed by atoms with Crippen LogP contribution in [0.15, 0.2) is 24.3 Å². The van der Waals surface area contributed by atoms with E-state index >= 15 is 0 Å². The van der Waals surface area contributed by atoms with E-state index in [9.17, 15) is 4.79 Å². The molecular formula is C14H22N2O3. The lowest BCUT2D eigenvalue weighted by Crippen LogP contribution is -2.32. The number of carboxylic acids is 1. The van der Waals surface area contributed by atoms with Crippen LogP contribution >= 0.6 is 0 Å². The van der Waals surface area contributed by atoms with Gasteiger partial charge in [-0.15, -0.1) is 0 Å². The van der Waals surface area contributed by atoms with Crippen LogP contribution in [0.2, 0.25) is 0 Å². The first kappa shape index (κ1) is 15.5. The van der Waals surface area contributed by atoms with Crippen LogP contribution in [0.1, 0.15) is 12.0 Å². The first-order valence-corrected chi connectivity index (χ1v) is 6.34. The Morgan fingerprint density at radius 3 is 2.74 bits per heavy atom. The molecule has 0 aromatic heterocycles. The molecule has 0 aliphatic heterocycles. The molecular weight excluding hydrogens is 244 g/mol. The second-order valence-corrected chi connectivity index (χ2v) is 4.76. The first-order chi connectivity index (χ1) is 9.00. The van der Waals surface area contributed by atoms with Crippen LogP contribution in [0.3, 0.4) is 0 Å². The average molecular weight is 266 g/mol. The highest BCUT2D eigenvalue weighted by Gasteiger charge is 2.14. The summed E-state index contributed by atoms with van der Waals surface area (Å²) in [5, 5.41) is 8.84. The van der Waals surface area contributed by atoms with Gasteiger partial charge in [-0.2, -0.15) is 0 Å². The largest absolute Gasteiger partial charge is 0.493 e. The predicted molar refractivity (Wildman–Crippen MR) is 74.4 cm³/mol. The van der Waals surface area contributed by atoms with Crippen molar-refractivity contribution in [2.45, 2.75) is 18.9 Å². The Labute approximate surface area is 114 Å². The minimum atomic E-state index is -0.998. The van der Waals surface area contributed by atoms with Crippen LogP contribution in [0.4, 0.5) is 0 Å². The van der Waals surface area contributed by atoms with Crippen LogP contribution < -0.4 is 10.5 Å². The van der Waals surface area contributed by atoms with Crippen LogP contribution in [-0.4, -0.2) is 49.3 Å². The number of carbonyl (C=O) groups is 1. The number of rotatable bonds is 8. The van der Waals surface area contributed by atoms with Gasteiger partial charge < -0.3 is 20.5 Å². The lowest BCUT2D eigenvalue weighted by molar-refractivity contribution is -0.138. The third-order valence-corrected chi connectivity index (χ3v) is 2.74. The molecule has 1 unspecified atom stereocenters. The van der Waals surface area contributed by atoms with Gasteiger partial charge >= 0.3 is 5.97 Å². The molecule has 0 radical (unpaired) electrons. The number of aliphatic carboxylic acids is 1. The number of hydrogen-bond acceptors (Lipinski definition) is 4. The number of carboxylic acid groups (broad SMARTS) is 1. The van der Waals surface area contributed by atoms with Gasteiger partial charge in [-0.25, -0.2) is 0 Å². The molecule has 0 spiro atoms. The van der Waals surface area contributed by atoms with E-state index in [0.717, 1.165) is 24.3 Å². The van der Waals surface area contributed by atoms with Crippen molar-refractivity contribution in [2.24, 2.45) is 5.73 Å². The monoisotopic (exact) mass is 266 g/mol. The lowest BCUT2D eigenvalue weighted by Gasteiger charge is -2.14. The van der Waals surface area contributed by atoms with Crippen molar-refractivity contribution in [1.82, 2.24) is 4.90 Å². The van der Waals surface area contributed by atoms with Crippen molar-refractivity contribution >= 4 is 5.97 Å². The van der Waals surface area contributed by atoms with E-state index in [-0.39, 0.29) is 6.42 Å². The zero-order valence-corrected chi connectivity index (χ0v) is 11.5. The molecule has 0 amide bonds. The highest BCUT2D eigenvalue weighted by Crippen LogP contribution is 2.19. The highest BCUT2D eigenvalue weighted by molar-refractivity contribution is 5.73. The quantitative estimate of drug-likeness (QED) is 0.686. The van der Waals surface area contributed by atoms with Crippen molar-refractivity contribution in [3.05, 3.63) is 29.8 Å². The van der Waals surface area contributed by atoms with Crippen molar-refractivity contribution in [2.75, 3.05) is 27.2 Å². The number of hydrogen-bond donors (Lipinski definition) is 2. The number of nitrogens with two attached hydrogens (primary N) is 1. The number of benzene rings is 1. The SMILES string of the molecule is CN(C)CCCOc1ccccc1CC(N)C(=O)O. The van der Waals surface area contributed by atoms with Gasteiger partial charge in [0, 0.05) is 13.0 Å². The van der Waals surface area contributed by atoms with Crippen LogP contribution in [0.5, 0.6) is 5.75 Å². The Morgan fingerprint density at radius 1 is 1.42 bits per heavy atom. The summed E-state index contributed by atoms with van der Waals surface area (Å²) in [6.07, 6.45) is 1.20. The third-order valence-electron chi connectivity index (χ3n) is 2.74. The second-order valence-electron chi connectivity index (χ2n) is 4.76. The van der Waals surface area contributed by atoms with E-state index in [1.807, 2.05) is 38.4 Å². The van der Waals surface area contributed by atoms with Crippen molar-refractivity contribution in [3.8, 4) is 5.75 Å². The summed E-state index contributed by atoms with van der Waals surface area (Å²) in [6.45, 7) is 1.56. The van der Waals surface area contributed by atoms with E-state index in [4.69, 9.17) is 15.6 Å². The maximum atomic E-state index is 10.8. The van der Waals surface area contributed by atoms with Crippen LogP contribution in [-0.2, 0) is 11.2 Å². The summed E-state index contributed by atoms with van der Waals surface area (Å²) in [4.78, 5) is 12.9. The summed E-state index contributed by atoms with van der Waals surface area (Å²) >= 11 is 0. The van der Waals surface area contributed by atoms with E-state index in [2.05, 4.69) is 4.90 Å². The minimum Gasteiger partial charge on any atom is -0.493 e. The van der Waals surface area contributed by atoms with Crippen molar-refractivity contribution < 1.29 is 14.6 Å².